The summed E-state index contributed by atoms with van der Waals surface area (Å²) in [6.07, 6.45) is 0. The maximum atomic E-state index is 2.42. The summed E-state index contributed by atoms with van der Waals surface area (Å²) in [5.41, 5.74) is 16.4. The predicted octanol–water partition coefficient (Wildman–Crippen LogP) is 12.2. The molecule has 9 aromatic rings. The van der Waals surface area contributed by atoms with E-state index in [0.29, 0.717) is 0 Å². The van der Waals surface area contributed by atoms with Crippen LogP contribution in [0.25, 0.3) is 44.5 Å². The van der Waals surface area contributed by atoms with Crippen LogP contribution < -0.4 is 25.6 Å². The fourth-order valence-corrected chi connectivity index (χ4v) is 15.4. The molecule has 59 heavy (non-hydrogen) atoms. The lowest BCUT2D eigenvalue weighted by molar-refractivity contribution is 0.660. The molecule has 0 fully saturated rings. The standard InChI is InChI=1S/C57H43NSi/c1-57(2)52-26-14-12-23-49(52)50-38-37-45(39-53(50)57)58(43-33-29-41(30-34-43)40-17-6-3-7-18-40)44-35-31-42(32-36-44)48-25-16-28-55-56(48)51-24-13-15-27-54(51)59(55,46-19-8-4-9-20-46)47-21-10-5-11-22-47/h3-39H,1-2H3. The lowest BCUT2D eigenvalue weighted by Crippen LogP contribution is -2.72. The molecule has 0 atom stereocenters. The molecule has 0 saturated carbocycles. The molecule has 2 aliphatic rings. The van der Waals surface area contributed by atoms with Gasteiger partial charge in [-0.15, -0.1) is 0 Å². The smallest absolute Gasteiger partial charge is 0.180 e. The van der Waals surface area contributed by atoms with E-state index in [0.717, 1.165) is 17.1 Å². The first-order valence-corrected chi connectivity index (χ1v) is 22.7. The van der Waals surface area contributed by atoms with Crippen LogP contribution in [0.15, 0.2) is 224 Å². The van der Waals surface area contributed by atoms with E-state index in [1.807, 2.05) is 0 Å². The van der Waals surface area contributed by atoms with Crippen molar-refractivity contribution in [1.82, 2.24) is 0 Å². The van der Waals surface area contributed by atoms with Crippen molar-refractivity contribution in [3.8, 4) is 44.5 Å². The van der Waals surface area contributed by atoms with Crippen LogP contribution in [-0.2, 0) is 5.41 Å². The number of anilines is 3. The minimum absolute atomic E-state index is 0.101. The molecule has 1 nitrogen and oxygen atoms in total. The molecule has 1 heterocycles. The Morgan fingerprint density at radius 2 is 0.814 bits per heavy atom. The number of benzene rings is 9. The molecule has 0 aromatic heterocycles. The minimum Gasteiger partial charge on any atom is -0.310 e. The Kier molecular flexibility index (Phi) is 8.25. The Morgan fingerprint density at radius 3 is 1.47 bits per heavy atom. The van der Waals surface area contributed by atoms with Crippen molar-refractivity contribution in [3.63, 3.8) is 0 Å². The van der Waals surface area contributed by atoms with Crippen molar-refractivity contribution in [2.75, 3.05) is 4.90 Å². The molecular formula is C57H43NSi. The SMILES string of the molecule is CC1(C)c2ccccc2-c2ccc(N(c3ccc(-c4ccccc4)cc3)c3ccc(-c4cccc5c4-c4ccccc4[Si]5(c4ccccc4)c4ccccc4)cc3)cc21. The first-order valence-electron chi connectivity index (χ1n) is 20.7. The van der Waals surface area contributed by atoms with Crippen molar-refractivity contribution >= 4 is 45.9 Å². The quantitative estimate of drug-likeness (QED) is 0.146. The molecule has 0 saturated heterocycles. The highest BCUT2D eigenvalue weighted by molar-refractivity contribution is 7.22. The maximum Gasteiger partial charge on any atom is 0.180 e. The van der Waals surface area contributed by atoms with Gasteiger partial charge in [0.15, 0.2) is 8.07 Å². The van der Waals surface area contributed by atoms with E-state index in [1.165, 1.54) is 76.4 Å². The van der Waals surface area contributed by atoms with Gasteiger partial charge in [0.25, 0.3) is 0 Å². The van der Waals surface area contributed by atoms with Crippen molar-refractivity contribution in [1.29, 1.82) is 0 Å². The molecule has 1 aliphatic heterocycles. The topological polar surface area (TPSA) is 3.24 Å². The van der Waals surface area contributed by atoms with Crippen LogP contribution in [0.5, 0.6) is 0 Å². The summed E-state index contributed by atoms with van der Waals surface area (Å²) in [5.74, 6) is 0. The van der Waals surface area contributed by atoms with Crippen LogP contribution in [0, 0.1) is 0 Å². The Bertz CT molecular complexity index is 2950. The van der Waals surface area contributed by atoms with Gasteiger partial charge in [0.2, 0.25) is 0 Å². The summed E-state index contributed by atoms with van der Waals surface area (Å²) in [7, 11) is -2.59. The third-order valence-corrected chi connectivity index (χ3v) is 17.8. The summed E-state index contributed by atoms with van der Waals surface area (Å²) in [6.45, 7) is 4.72. The van der Waals surface area contributed by atoms with E-state index in [9.17, 15) is 0 Å². The van der Waals surface area contributed by atoms with Crippen molar-refractivity contribution in [2.45, 2.75) is 19.3 Å². The van der Waals surface area contributed by atoms with Crippen LogP contribution >= 0.6 is 0 Å². The van der Waals surface area contributed by atoms with Gasteiger partial charge in [-0.25, -0.2) is 0 Å². The normalized spacial score (nSPS) is 13.9. The summed E-state index contributed by atoms with van der Waals surface area (Å²) in [5, 5.41) is 5.75. The molecule has 1 aliphatic carbocycles. The first-order chi connectivity index (χ1) is 29.0. The van der Waals surface area contributed by atoms with Crippen molar-refractivity contribution in [3.05, 3.63) is 236 Å². The van der Waals surface area contributed by atoms with Gasteiger partial charge >= 0.3 is 0 Å². The zero-order valence-electron chi connectivity index (χ0n) is 33.3. The Hall–Kier alpha value is -7.00. The third-order valence-electron chi connectivity index (χ3n) is 13.0. The molecule has 11 rings (SSSR count). The highest BCUT2D eigenvalue weighted by Gasteiger charge is 2.49. The monoisotopic (exact) mass is 769 g/mol. The second-order valence-electron chi connectivity index (χ2n) is 16.5. The summed E-state index contributed by atoms with van der Waals surface area (Å²) >= 11 is 0. The lowest BCUT2D eigenvalue weighted by Gasteiger charge is -2.31. The van der Waals surface area contributed by atoms with Crippen LogP contribution in [0.1, 0.15) is 25.0 Å². The second kappa shape index (κ2) is 13.8. The Labute approximate surface area is 348 Å². The summed E-state index contributed by atoms with van der Waals surface area (Å²) < 4.78 is 0. The maximum absolute atomic E-state index is 2.59. The van der Waals surface area contributed by atoms with Gasteiger partial charge in [-0.05, 0) is 113 Å². The fraction of sp³-hybridized carbons (Fsp3) is 0.0526. The fourth-order valence-electron chi connectivity index (χ4n) is 10.2. The number of hydrogen-bond acceptors (Lipinski definition) is 1. The van der Waals surface area contributed by atoms with Crippen molar-refractivity contribution < 1.29 is 0 Å². The van der Waals surface area contributed by atoms with E-state index in [2.05, 4.69) is 243 Å². The van der Waals surface area contributed by atoms with Gasteiger partial charge in [0.1, 0.15) is 0 Å². The van der Waals surface area contributed by atoms with Gasteiger partial charge in [0.05, 0.1) is 0 Å². The molecule has 0 radical (unpaired) electrons. The molecule has 2 heteroatoms. The number of fused-ring (bicyclic) bond motifs is 6. The second-order valence-corrected chi connectivity index (χ2v) is 20.2. The van der Waals surface area contributed by atoms with Gasteiger partial charge in [0, 0.05) is 22.5 Å². The van der Waals surface area contributed by atoms with Gasteiger partial charge in [-0.3, -0.25) is 0 Å². The molecule has 280 valence electrons. The molecule has 9 aromatic carbocycles. The molecular weight excluding hydrogens is 727 g/mol. The molecule has 0 unspecified atom stereocenters. The predicted molar refractivity (Wildman–Crippen MR) is 252 cm³/mol. The number of rotatable bonds is 7. The van der Waals surface area contributed by atoms with Crippen LogP contribution in [-0.4, -0.2) is 8.07 Å². The van der Waals surface area contributed by atoms with Gasteiger partial charge in [-0.2, -0.15) is 0 Å². The van der Waals surface area contributed by atoms with E-state index in [4.69, 9.17) is 0 Å². The lowest BCUT2D eigenvalue weighted by atomic mass is 9.82. The van der Waals surface area contributed by atoms with E-state index < -0.39 is 8.07 Å². The number of hydrogen-bond donors (Lipinski definition) is 0. The average molecular weight is 770 g/mol. The van der Waals surface area contributed by atoms with Crippen LogP contribution in [0.2, 0.25) is 0 Å². The first kappa shape index (κ1) is 35.2. The molecule has 0 amide bonds. The summed E-state index contributed by atoms with van der Waals surface area (Å²) in [6, 6.07) is 83.6. The van der Waals surface area contributed by atoms with E-state index in [1.54, 1.807) is 0 Å². The zero-order valence-corrected chi connectivity index (χ0v) is 34.3. The largest absolute Gasteiger partial charge is 0.310 e. The molecule has 0 spiro atoms. The van der Waals surface area contributed by atoms with Gasteiger partial charge in [-0.1, -0.05) is 202 Å². The Morgan fingerprint density at radius 1 is 0.339 bits per heavy atom. The average Bonchev–Trinajstić information content (AvgIpc) is 3.74. The van der Waals surface area contributed by atoms with Gasteiger partial charge < -0.3 is 4.90 Å². The highest BCUT2D eigenvalue weighted by Crippen LogP contribution is 2.51. The highest BCUT2D eigenvalue weighted by atomic mass is 28.3. The molecule has 0 bridgehead atoms. The van der Waals surface area contributed by atoms with Crippen LogP contribution in [0.3, 0.4) is 0 Å². The van der Waals surface area contributed by atoms with Crippen LogP contribution in [0.4, 0.5) is 17.1 Å². The zero-order chi connectivity index (χ0) is 39.6. The number of nitrogens with zero attached hydrogens (tertiary/aromatic N) is 1. The minimum atomic E-state index is -2.59. The third kappa shape index (κ3) is 5.44. The van der Waals surface area contributed by atoms with E-state index >= 15 is 0 Å². The van der Waals surface area contributed by atoms with Crippen molar-refractivity contribution in [2.24, 2.45) is 0 Å². The summed E-state index contributed by atoms with van der Waals surface area (Å²) in [4.78, 5) is 2.42. The van der Waals surface area contributed by atoms with E-state index in [-0.39, 0.29) is 5.41 Å². The molecule has 0 N–H and O–H groups in total. The Balaban J connectivity index is 1.06.